The van der Waals surface area contributed by atoms with Crippen LogP contribution in [0.25, 0.3) is 11.1 Å². The molecule has 0 spiro atoms. The van der Waals surface area contributed by atoms with Crippen LogP contribution in [-0.2, 0) is 0 Å². The van der Waals surface area contributed by atoms with Crippen molar-refractivity contribution in [3.05, 3.63) is 59.7 Å². The fourth-order valence-electron chi connectivity index (χ4n) is 3.87. The van der Waals surface area contributed by atoms with E-state index in [1.807, 2.05) is 55.2 Å². The van der Waals surface area contributed by atoms with E-state index in [9.17, 15) is 4.79 Å². The van der Waals surface area contributed by atoms with Crippen LogP contribution in [0.1, 0.15) is 40.5 Å². The van der Waals surface area contributed by atoms with Gasteiger partial charge in [0.2, 0.25) is 5.95 Å². The molecule has 1 aliphatic heterocycles. The Labute approximate surface area is 170 Å². The van der Waals surface area contributed by atoms with Gasteiger partial charge in [-0.15, -0.1) is 0 Å². The highest BCUT2D eigenvalue weighted by Crippen LogP contribution is 2.34. The van der Waals surface area contributed by atoms with E-state index in [2.05, 4.69) is 27.3 Å². The van der Waals surface area contributed by atoms with Gasteiger partial charge in [-0.25, -0.2) is 9.97 Å². The van der Waals surface area contributed by atoms with Crippen LogP contribution in [-0.4, -0.2) is 58.2 Å². The van der Waals surface area contributed by atoms with E-state index < -0.39 is 0 Å². The van der Waals surface area contributed by atoms with Gasteiger partial charge >= 0.3 is 0 Å². The molecule has 1 N–H and O–H groups in total. The fourth-order valence-corrected chi connectivity index (χ4v) is 3.87. The van der Waals surface area contributed by atoms with E-state index in [-0.39, 0.29) is 11.8 Å². The number of nitrogens with one attached hydrogen (secondary N) is 1. The third-order valence-corrected chi connectivity index (χ3v) is 5.45. The summed E-state index contributed by atoms with van der Waals surface area (Å²) in [7, 11) is 3.89. The van der Waals surface area contributed by atoms with Crippen molar-refractivity contribution in [2.75, 3.05) is 32.1 Å². The minimum Gasteiger partial charge on any atom is -0.347 e. The summed E-state index contributed by atoms with van der Waals surface area (Å²) in [6.45, 7) is 3.28. The van der Waals surface area contributed by atoms with Gasteiger partial charge < -0.3 is 9.80 Å². The molecule has 1 amide bonds. The number of benzene rings is 1. The van der Waals surface area contributed by atoms with Gasteiger partial charge in [-0.05, 0) is 25.3 Å². The molecule has 3 aromatic rings. The molecule has 7 nitrogen and oxygen atoms in total. The van der Waals surface area contributed by atoms with Crippen LogP contribution in [0.2, 0.25) is 0 Å². The number of aromatic amines is 1. The highest BCUT2D eigenvalue weighted by Gasteiger charge is 2.29. The van der Waals surface area contributed by atoms with Crippen molar-refractivity contribution in [2.45, 2.75) is 25.7 Å². The number of amides is 1. The second-order valence-electron chi connectivity index (χ2n) is 7.73. The topological polar surface area (TPSA) is 78.0 Å². The zero-order valence-electron chi connectivity index (χ0n) is 17.1. The Balaban J connectivity index is 1.68. The molecule has 2 aromatic heterocycles. The fraction of sp³-hybridized carbons (Fsp3) is 0.364. The molecule has 1 saturated heterocycles. The van der Waals surface area contributed by atoms with Gasteiger partial charge in [0, 0.05) is 50.6 Å². The molecule has 0 aliphatic carbocycles. The Bertz CT molecular complexity index is 998. The van der Waals surface area contributed by atoms with Gasteiger partial charge in [0.05, 0.1) is 17.5 Å². The normalized spacial score (nSPS) is 16.7. The smallest absolute Gasteiger partial charge is 0.257 e. The van der Waals surface area contributed by atoms with Crippen molar-refractivity contribution in [1.82, 2.24) is 25.1 Å². The lowest BCUT2D eigenvalue weighted by molar-refractivity contribution is 0.0705. The largest absolute Gasteiger partial charge is 0.347 e. The summed E-state index contributed by atoms with van der Waals surface area (Å²) in [5.74, 6) is 0.884. The van der Waals surface area contributed by atoms with Crippen LogP contribution >= 0.6 is 0 Å². The lowest BCUT2D eigenvalue weighted by atomic mass is 9.89. The molecule has 0 saturated carbocycles. The minimum absolute atomic E-state index is 0.0316. The number of likely N-dealkylation sites (tertiary alicyclic amines) is 1. The predicted octanol–water partition coefficient (Wildman–Crippen LogP) is 3.26. The van der Waals surface area contributed by atoms with Crippen molar-refractivity contribution >= 4 is 11.9 Å². The number of carbonyl (C=O) groups excluding carboxylic acids is 1. The zero-order valence-corrected chi connectivity index (χ0v) is 17.1. The summed E-state index contributed by atoms with van der Waals surface area (Å²) < 4.78 is 0. The number of carbonyl (C=O) groups is 1. The maximum absolute atomic E-state index is 13.0. The third-order valence-electron chi connectivity index (χ3n) is 5.45. The summed E-state index contributed by atoms with van der Waals surface area (Å²) in [6.07, 6.45) is 5.47. The van der Waals surface area contributed by atoms with Gasteiger partial charge in [0.15, 0.2) is 0 Å². The van der Waals surface area contributed by atoms with Crippen LogP contribution < -0.4 is 4.90 Å². The molecule has 3 heterocycles. The van der Waals surface area contributed by atoms with Crippen molar-refractivity contribution in [1.29, 1.82) is 0 Å². The van der Waals surface area contributed by atoms with E-state index >= 15 is 0 Å². The second-order valence-corrected chi connectivity index (χ2v) is 7.73. The number of nitrogens with zero attached hydrogens (tertiary/aromatic N) is 5. The molecule has 1 aliphatic rings. The van der Waals surface area contributed by atoms with Crippen molar-refractivity contribution < 1.29 is 4.79 Å². The number of aromatic nitrogens is 4. The zero-order chi connectivity index (χ0) is 20.4. The Kier molecular flexibility index (Phi) is 5.29. The summed E-state index contributed by atoms with van der Waals surface area (Å²) in [6, 6.07) is 10.2. The molecule has 0 bridgehead atoms. The summed E-state index contributed by atoms with van der Waals surface area (Å²) in [4.78, 5) is 26.3. The summed E-state index contributed by atoms with van der Waals surface area (Å²) in [5.41, 5.74) is 4.60. The van der Waals surface area contributed by atoms with Gasteiger partial charge in [0.1, 0.15) is 0 Å². The molecule has 150 valence electrons. The first-order valence-corrected chi connectivity index (χ1v) is 9.93. The van der Waals surface area contributed by atoms with Crippen LogP contribution in [0.3, 0.4) is 0 Å². The lowest BCUT2D eigenvalue weighted by Crippen LogP contribution is -2.39. The number of rotatable bonds is 4. The number of hydrogen-bond acceptors (Lipinski definition) is 5. The second kappa shape index (κ2) is 8.03. The number of H-pyrrole nitrogens is 1. The van der Waals surface area contributed by atoms with E-state index in [0.717, 1.165) is 41.9 Å². The highest BCUT2D eigenvalue weighted by atomic mass is 16.2. The highest BCUT2D eigenvalue weighted by molar-refractivity contribution is 5.95. The first kappa shape index (κ1) is 19.1. The molecule has 4 rings (SSSR count). The molecule has 1 fully saturated rings. The lowest BCUT2D eigenvalue weighted by Gasteiger charge is -2.33. The monoisotopic (exact) mass is 390 g/mol. The van der Waals surface area contributed by atoms with E-state index in [1.165, 1.54) is 0 Å². The van der Waals surface area contributed by atoms with Gasteiger partial charge in [-0.3, -0.25) is 9.89 Å². The number of anilines is 1. The van der Waals surface area contributed by atoms with Gasteiger partial charge in [-0.1, -0.05) is 30.3 Å². The Hall–Kier alpha value is -3.22. The maximum Gasteiger partial charge on any atom is 0.257 e. The summed E-state index contributed by atoms with van der Waals surface area (Å²) in [5, 5.41) is 6.86. The molecule has 0 radical (unpaired) electrons. The van der Waals surface area contributed by atoms with E-state index in [1.54, 1.807) is 6.20 Å². The van der Waals surface area contributed by atoms with Crippen LogP contribution in [0.4, 0.5) is 5.95 Å². The van der Waals surface area contributed by atoms with E-state index in [4.69, 9.17) is 4.98 Å². The summed E-state index contributed by atoms with van der Waals surface area (Å²) >= 11 is 0. The first-order chi connectivity index (χ1) is 14.0. The molecule has 29 heavy (non-hydrogen) atoms. The minimum atomic E-state index is 0.0316. The standard InChI is InChI=1S/C22H26N6O/c1-15-18(13-24-26-15)21(29)28-11-7-10-17(14-28)20-19(16-8-5-4-6-9-16)12-23-22(25-20)27(2)3/h4-6,8-9,12-13,17H,7,10-11,14H2,1-3H3,(H,24,26). The molecule has 1 unspecified atom stereocenters. The van der Waals surface area contributed by atoms with Gasteiger partial charge in [-0.2, -0.15) is 5.10 Å². The third kappa shape index (κ3) is 3.85. The average Bonchev–Trinajstić information content (AvgIpc) is 3.19. The molecular weight excluding hydrogens is 364 g/mol. The van der Waals surface area contributed by atoms with Crippen LogP contribution in [0.15, 0.2) is 42.7 Å². The van der Waals surface area contributed by atoms with Crippen molar-refractivity contribution in [3.63, 3.8) is 0 Å². The molecular formula is C22H26N6O. The number of aryl methyl sites for hydroxylation is 1. The quantitative estimate of drug-likeness (QED) is 0.740. The van der Waals surface area contributed by atoms with Crippen LogP contribution in [0.5, 0.6) is 0 Å². The molecule has 1 atom stereocenters. The molecule has 1 aromatic carbocycles. The van der Waals surface area contributed by atoms with E-state index in [0.29, 0.717) is 18.1 Å². The maximum atomic E-state index is 13.0. The SMILES string of the molecule is Cc1[nH]ncc1C(=O)N1CCCC(c2nc(N(C)C)ncc2-c2ccccc2)C1. The molecule has 7 heteroatoms. The Morgan fingerprint density at radius 3 is 2.69 bits per heavy atom. The number of hydrogen-bond donors (Lipinski definition) is 1. The average molecular weight is 390 g/mol. The van der Waals surface area contributed by atoms with Gasteiger partial charge in [0.25, 0.3) is 5.91 Å². The first-order valence-electron chi connectivity index (χ1n) is 9.93. The number of piperidine rings is 1. The van der Waals surface area contributed by atoms with Crippen molar-refractivity contribution in [2.24, 2.45) is 0 Å². The van der Waals surface area contributed by atoms with Crippen LogP contribution in [0, 0.1) is 6.92 Å². The Morgan fingerprint density at radius 1 is 1.21 bits per heavy atom. The Morgan fingerprint density at radius 2 is 2.00 bits per heavy atom. The predicted molar refractivity (Wildman–Crippen MR) is 113 cm³/mol. The van der Waals surface area contributed by atoms with Crippen molar-refractivity contribution in [3.8, 4) is 11.1 Å².